The molecule has 0 N–H and O–H groups in total. The molecular formula is C16H23NO4S. The van der Waals surface area contributed by atoms with E-state index in [-0.39, 0.29) is 11.9 Å². The van der Waals surface area contributed by atoms with E-state index in [2.05, 4.69) is 0 Å². The molecule has 2 heterocycles. The third-order valence-electron chi connectivity index (χ3n) is 3.40. The van der Waals surface area contributed by atoms with Crippen LogP contribution < -0.4 is 0 Å². The van der Waals surface area contributed by atoms with Gasteiger partial charge in [0.1, 0.15) is 11.2 Å². The summed E-state index contributed by atoms with van der Waals surface area (Å²) in [7, 11) is 0. The van der Waals surface area contributed by atoms with Crippen molar-refractivity contribution in [2.45, 2.75) is 45.8 Å². The van der Waals surface area contributed by atoms with Crippen molar-refractivity contribution >= 4 is 23.2 Å². The van der Waals surface area contributed by atoms with Crippen molar-refractivity contribution < 1.29 is 19.1 Å². The Labute approximate surface area is 135 Å². The fourth-order valence-corrected chi connectivity index (χ4v) is 3.30. The summed E-state index contributed by atoms with van der Waals surface area (Å²) in [4.78, 5) is 27.0. The van der Waals surface area contributed by atoms with Crippen molar-refractivity contribution in [1.82, 2.24) is 4.90 Å². The number of ketones is 1. The predicted octanol–water partition coefficient (Wildman–Crippen LogP) is 3.43. The van der Waals surface area contributed by atoms with Gasteiger partial charge < -0.3 is 14.4 Å². The number of thiophene rings is 1. The zero-order valence-corrected chi connectivity index (χ0v) is 14.6. The van der Waals surface area contributed by atoms with E-state index in [9.17, 15) is 9.59 Å². The Morgan fingerprint density at radius 2 is 2.05 bits per heavy atom. The largest absolute Gasteiger partial charge is 0.444 e. The number of amides is 1. The zero-order chi connectivity index (χ0) is 16.5. The SMILES string of the molecule is CC(=O)c1ccc(C2(C)CN(C(=O)OC(C)(C)C)CCO2)s1. The van der Waals surface area contributed by atoms with Crippen LogP contribution in [-0.4, -0.2) is 42.1 Å². The Kier molecular flexibility index (Phi) is 4.63. The van der Waals surface area contributed by atoms with Crippen LogP contribution in [0.2, 0.25) is 0 Å². The monoisotopic (exact) mass is 325 g/mol. The number of hydrogen-bond acceptors (Lipinski definition) is 5. The maximum absolute atomic E-state index is 12.2. The number of Topliss-reactive ketones (excluding diaryl/α,β-unsaturated/α-hetero) is 1. The van der Waals surface area contributed by atoms with Crippen LogP contribution in [0.5, 0.6) is 0 Å². The molecular weight excluding hydrogens is 302 g/mol. The molecule has 1 aromatic rings. The van der Waals surface area contributed by atoms with Crippen molar-refractivity contribution in [3.8, 4) is 0 Å². The second-order valence-corrected chi connectivity index (χ2v) is 7.79. The van der Waals surface area contributed by atoms with E-state index < -0.39 is 11.2 Å². The van der Waals surface area contributed by atoms with Crippen molar-refractivity contribution in [3.63, 3.8) is 0 Å². The van der Waals surface area contributed by atoms with Gasteiger partial charge in [-0.05, 0) is 46.8 Å². The molecule has 1 unspecified atom stereocenters. The molecule has 0 spiro atoms. The number of nitrogens with zero attached hydrogens (tertiary/aromatic N) is 1. The summed E-state index contributed by atoms with van der Waals surface area (Å²) in [6.45, 7) is 10.4. The van der Waals surface area contributed by atoms with Crippen molar-refractivity contribution in [3.05, 3.63) is 21.9 Å². The molecule has 1 saturated heterocycles. The second kappa shape index (κ2) is 6.01. The van der Waals surface area contributed by atoms with Crippen LogP contribution >= 0.6 is 11.3 Å². The van der Waals surface area contributed by atoms with E-state index in [0.29, 0.717) is 24.6 Å². The number of carbonyl (C=O) groups is 2. The number of ether oxygens (including phenoxy) is 2. The van der Waals surface area contributed by atoms with E-state index in [4.69, 9.17) is 9.47 Å². The van der Waals surface area contributed by atoms with Gasteiger partial charge in [-0.25, -0.2) is 4.79 Å². The molecule has 122 valence electrons. The highest BCUT2D eigenvalue weighted by atomic mass is 32.1. The van der Waals surface area contributed by atoms with Gasteiger partial charge in [-0.1, -0.05) is 0 Å². The molecule has 6 heteroatoms. The minimum Gasteiger partial charge on any atom is -0.444 e. The van der Waals surface area contributed by atoms with Crippen LogP contribution in [0.3, 0.4) is 0 Å². The summed E-state index contributed by atoms with van der Waals surface area (Å²) < 4.78 is 11.3. The zero-order valence-electron chi connectivity index (χ0n) is 13.8. The normalized spacial score (nSPS) is 22.5. The van der Waals surface area contributed by atoms with Gasteiger partial charge in [0, 0.05) is 11.4 Å². The van der Waals surface area contributed by atoms with Crippen molar-refractivity contribution in [2.24, 2.45) is 0 Å². The number of carbonyl (C=O) groups excluding carboxylic acids is 2. The van der Waals surface area contributed by atoms with Gasteiger partial charge >= 0.3 is 6.09 Å². The summed E-state index contributed by atoms with van der Waals surface area (Å²) in [6.07, 6.45) is -0.328. The first-order valence-electron chi connectivity index (χ1n) is 7.34. The molecule has 1 atom stereocenters. The third kappa shape index (κ3) is 3.87. The van der Waals surface area contributed by atoms with Gasteiger partial charge in [-0.3, -0.25) is 4.79 Å². The summed E-state index contributed by atoms with van der Waals surface area (Å²) in [5, 5.41) is 0. The molecule has 1 aromatic heterocycles. The lowest BCUT2D eigenvalue weighted by molar-refractivity contribution is -0.101. The fourth-order valence-electron chi connectivity index (χ4n) is 2.31. The molecule has 1 amide bonds. The second-order valence-electron chi connectivity index (χ2n) is 6.70. The molecule has 0 aromatic carbocycles. The highest BCUT2D eigenvalue weighted by Gasteiger charge is 2.38. The minimum absolute atomic E-state index is 0.0413. The van der Waals surface area contributed by atoms with Crippen LogP contribution in [0.15, 0.2) is 12.1 Å². The van der Waals surface area contributed by atoms with Crippen LogP contribution in [0.1, 0.15) is 49.2 Å². The maximum atomic E-state index is 12.2. The third-order valence-corrected chi connectivity index (χ3v) is 4.83. The van der Waals surface area contributed by atoms with E-state index >= 15 is 0 Å². The summed E-state index contributed by atoms with van der Waals surface area (Å²) in [6, 6.07) is 3.71. The summed E-state index contributed by atoms with van der Waals surface area (Å²) >= 11 is 1.42. The van der Waals surface area contributed by atoms with E-state index in [1.807, 2.05) is 39.8 Å². The Morgan fingerprint density at radius 3 is 2.59 bits per heavy atom. The topological polar surface area (TPSA) is 55.8 Å². The Bertz CT molecular complexity index is 575. The molecule has 0 bridgehead atoms. The van der Waals surface area contributed by atoms with Gasteiger partial charge in [0.15, 0.2) is 5.78 Å². The van der Waals surface area contributed by atoms with E-state index in [0.717, 1.165) is 4.88 Å². The average molecular weight is 325 g/mol. The van der Waals surface area contributed by atoms with Crippen molar-refractivity contribution in [2.75, 3.05) is 19.7 Å². The number of rotatable bonds is 2. The summed E-state index contributed by atoms with van der Waals surface area (Å²) in [5.74, 6) is 0.0413. The highest BCUT2D eigenvalue weighted by Crippen LogP contribution is 2.35. The molecule has 2 rings (SSSR count). The van der Waals surface area contributed by atoms with Crippen LogP contribution in [0.4, 0.5) is 4.79 Å². The molecule has 0 aliphatic carbocycles. The smallest absolute Gasteiger partial charge is 0.410 e. The quantitative estimate of drug-likeness (QED) is 0.782. The molecule has 22 heavy (non-hydrogen) atoms. The lowest BCUT2D eigenvalue weighted by atomic mass is 10.0. The number of morpholine rings is 1. The Hall–Kier alpha value is -1.40. The van der Waals surface area contributed by atoms with Gasteiger partial charge in [0.2, 0.25) is 0 Å². The molecule has 1 aliphatic heterocycles. The van der Waals surface area contributed by atoms with Gasteiger partial charge in [0.05, 0.1) is 18.0 Å². The molecule has 5 nitrogen and oxygen atoms in total. The van der Waals surface area contributed by atoms with Gasteiger partial charge in [-0.15, -0.1) is 11.3 Å². The lowest BCUT2D eigenvalue weighted by Crippen LogP contribution is -2.51. The van der Waals surface area contributed by atoms with E-state index in [1.165, 1.54) is 11.3 Å². The standard InChI is InChI=1S/C16H23NO4S/c1-11(18)12-6-7-13(22-12)16(5)10-17(8-9-20-16)14(19)21-15(2,3)4/h6-7H,8-10H2,1-5H3. The van der Waals surface area contributed by atoms with Crippen LogP contribution in [-0.2, 0) is 15.1 Å². The van der Waals surface area contributed by atoms with Crippen molar-refractivity contribution in [1.29, 1.82) is 0 Å². The summed E-state index contributed by atoms with van der Waals surface area (Å²) in [5.41, 5.74) is -1.12. The molecule has 1 aliphatic rings. The van der Waals surface area contributed by atoms with Crippen LogP contribution in [0.25, 0.3) is 0 Å². The first-order chi connectivity index (χ1) is 10.1. The lowest BCUT2D eigenvalue weighted by Gasteiger charge is -2.40. The minimum atomic E-state index is -0.604. The van der Waals surface area contributed by atoms with Gasteiger partial charge in [0.25, 0.3) is 0 Å². The Morgan fingerprint density at radius 1 is 1.36 bits per heavy atom. The molecule has 0 saturated carbocycles. The van der Waals surface area contributed by atoms with E-state index in [1.54, 1.807) is 11.8 Å². The van der Waals surface area contributed by atoms with Crippen LogP contribution in [0, 0.1) is 0 Å². The average Bonchev–Trinajstić information content (AvgIpc) is 2.87. The molecule has 0 radical (unpaired) electrons. The predicted molar refractivity (Wildman–Crippen MR) is 85.4 cm³/mol. The Balaban J connectivity index is 2.14. The highest BCUT2D eigenvalue weighted by molar-refractivity contribution is 7.14. The first kappa shape index (κ1) is 17.0. The first-order valence-corrected chi connectivity index (χ1v) is 8.15. The fraction of sp³-hybridized carbons (Fsp3) is 0.625. The number of hydrogen-bond donors (Lipinski definition) is 0. The maximum Gasteiger partial charge on any atom is 0.410 e. The molecule has 1 fully saturated rings. The van der Waals surface area contributed by atoms with Gasteiger partial charge in [-0.2, -0.15) is 0 Å².